The minimum Gasteiger partial charge on any atom is -0.493 e. The van der Waals surface area contributed by atoms with E-state index in [9.17, 15) is 4.39 Å². The second kappa shape index (κ2) is 8.06. The van der Waals surface area contributed by atoms with Crippen molar-refractivity contribution in [1.82, 2.24) is 0 Å². The molecule has 18 heavy (non-hydrogen) atoms. The highest BCUT2D eigenvalue weighted by atomic mass is 19.1. The SMILES string of the molecule is C[C@H](N)c1ccc(OCCCCCCO)cc1F. The second-order valence-corrected chi connectivity index (χ2v) is 4.46. The van der Waals surface area contributed by atoms with Crippen LogP contribution in [0.15, 0.2) is 18.2 Å². The van der Waals surface area contributed by atoms with Gasteiger partial charge in [-0.05, 0) is 32.3 Å². The Hall–Kier alpha value is -1.13. The van der Waals surface area contributed by atoms with Gasteiger partial charge in [0, 0.05) is 24.3 Å². The van der Waals surface area contributed by atoms with Gasteiger partial charge < -0.3 is 15.6 Å². The molecule has 0 bridgehead atoms. The lowest BCUT2D eigenvalue weighted by molar-refractivity contribution is 0.273. The maximum Gasteiger partial charge on any atom is 0.131 e. The van der Waals surface area contributed by atoms with Crippen LogP contribution in [0, 0.1) is 5.82 Å². The van der Waals surface area contributed by atoms with Gasteiger partial charge in [0.15, 0.2) is 0 Å². The zero-order valence-corrected chi connectivity index (χ0v) is 10.9. The Balaban J connectivity index is 2.33. The molecular weight excluding hydrogens is 233 g/mol. The average Bonchev–Trinajstić information content (AvgIpc) is 2.33. The second-order valence-electron chi connectivity index (χ2n) is 4.46. The molecule has 0 radical (unpaired) electrons. The molecule has 0 aromatic heterocycles. The van der Waals surface area contributed by atoms with Crippen LogP contribution < -0.4 is 10.5 Å². The lowest BCUT2D eigenvalue weighted by Gasteiger charge is -2.10. The molecule has 0 heterocycles. The van der Waals surface area contributed by atoms with E-state index in [1.54, 1.807) is 19.1 Å². The lowest BCUT2D eigenvalue weighted by Crippen LogP contribution is -2.07. The van der Waals surface area contributed by atoms with E-state index in [1.807, 2.05) is 0 Å². The van der Waals surface area contributed by atoms with Crippen molar-refractivity contribution < 1.29 is 14.2 Å². The van der Waals surface area contributed by atoms with E-state index < -0.39 is 0 Å². The molecule has 1 rings (SSSR count). The van der Waals surface area contributed by atoms with Crippen molar-refractivity contribution in [1.29, 1.82) is 0 Å². The van der Waals surface area contributed by atoms with E-state index in [4.69, 9.17) is 15.6 Å². The molecule has 0 aliphatic rings. The van der Waals surface area contributed by atoms with Crippen LogP contribution in [0.5, 0.6) is 5.75 Å². The highest BCUT2D eigenvalue weighted by Gasteiger charge is 2.07. The number of aliphatic hydroxyl groups excluding tert-OH is 1. The Morgan fingerprint density at radius 3 is 2.61 bits per heavy atom. The number of unbranched alkanes of at least 4 members (excludes halogenated alkanes) is 3. The summed E-state index contributed by atoms with van der Waals surface area (Å²) in [6.45, 7) is 2.56. The largest absolute Gasteiger partial charge is 0.493 e. The Morgan fingerprint density at radius 2 is 2.00 bits per heavy atom. The van der Waals surface area contributed by atoms with Crippen LogP contribution in [0.2, 0.25) is 0 Å². The molecule has 0 spiro atoms. The molecule has 0 amide bonds. The Labute approximate surface area is 108 Å². The number of ether oxygens (including phenoxy) is 1. The maximum absolute atomic E-state index is 13.6. The first-order valence-corrected chi connectivity index (χ1v) is 6.44. The third-order valence-electron chi connectivity index (χ3n) is 2.78. The van der Waals surface area contributed by atoms with Gasteiger partial charge in [-0.25, -0.2) is 4.39 Å². The number of hydrogen-bond acceptors (Lipinski definition) is 3. The van der Waals surface area contributed by atoms with Gasteiger partial charge in [0.05, 0.1) is 6.61 Å². The first-order valence-electron chi connectivity index (χ1n) is 6.44. The van der Waals surface area contributed by atoms with Crippen LogP contribution in [0.25, 0.3) is 0 Å². The molecule has 0 saturated carbocycles. The monoisotopic (exact) mass is 255 g/mol. The fourth-order valence-corrected chi connectivity index (χ4v) is 1.72. The standard InChI is InChI=1S/C14H22FNO2/c1-11(16)13-7-6-12(10-14(13)15)18-9-5-3-2-4-8-17/h6-7,10-11,17H,2-5,8-9,16H2,1H3/t11-/m0/s1. The lowest BCUT2D eigenvalue weighted by atomic mass is 10.1. The number of aliphatic hydroxyl groups is 1. The predicted octanol–water partition coefficient (Wildman–Crippen LogP) is 2.78. The van der Waals surface area contributed by atoms with Crippen molar-refractivity contribution >= 4 is 0 Å². The smallest absolute Gasteiger partial charge is 0.131 e. The van der Waals surface area contributed by atoms with E-state index >= 15 is 0 Å². The Kier molecular flexibility index (Phi) is 6.68. The summed E-state index contributed by atoms with van der Waals surface area (Å²) in [6, 6.07) is 4.49. The molecule has 1 aromatic rings. The highest BCUT2D eigenvalue weighted by molar-refractivity contribution is 5.30. The van der Waals surface area contributed by atoms with Gasteiger partial charge in [-0.15, -0.1) is 0 Å². The Morgan fingerprint density at radius 1 is 1.28 bits per heavy atom. The number of rotatable bonds is 8. The van der Waals surface area contributed by atoms with Gasteiger partial charge in [0.25, 0.3) is 0 Å². The van der Waals surface area contributed by atoms with Gasteiger partial charge >= 0.3 is 0 Å². The summed E-state index contributed by atoms with van der Waals surface area (Å²) < 4.78 is 19.0. The fraction of sp³-hybridized carbons (Fsp3) is 0.571. The number of halogens is 1. The Bertz CT molecular complexity index is 356. The van der Waals surface area contributed by atoms with Crippen LogP contribution in [-0.4, -0.2) is 18.3 Å². The number of hydrogen-bond donors (Lipinski definition) is 2. The van der Waals surface area contributed by atoms with E-state index in [0.717, 1.165) is 25.7 Å². The summed E-state index contributed by atoms with van der Waals surface area (Å²) in [5.74, 6) is 0.224. The van der Waals surface area contributed by atoms with Crippen LogP contribution in [0.1, 0.15) is 44.2 Å². The first-order chi connectivity index (χ1) is 8.65. The molecule has 1 atom stereocenters. The maximum atomic E-state index is 13.6. The average molecular weight is 255 g/mol. The molecule has 0 fully saturated rings. The number of nitrogens with two attached hydrogens (primary N) is 1. The van der Waals surface area contributed by atoms with E-state index in [1.165, 1.54) is 6.07 Å². The molecule has 0 unspecified atom stereocenters. The molecule has 1 aromatic carbocycles. The van der Waals surface area contributed by atoms with Gasteiger partial charge in [-0.2, -0.15) is 0 Å². The van der Waals surface area contributed by atoms with E-state index in [2.05, 4.69) is 0 Å². The molecule has 0 aliphatic carbocycles. The molecule has 102 valence electrons. The van der Waals surface area contributed by atoms with Crippen LogP contribution >= 0.6 is 0 Å². The molecule has 4 heteroatoms. The summed E-state index contributed by atoms with van der Waals surface area (Å²) in [4.78, 5) is 0. The predicted molar refractivity (Wildman–Crippen MR) is 70.1 cm³/mol. The van der Waals surface area contributed by atoms with Crippen molar-refractivity contribution in [3.05, 3.63) is 29.6 Å². The third-order valence-corrected chi connectivity index (χ3v) is 2.78. The van der Waals surface area contributed by atoms with Gasteiger partial charge in [0.2, 0.25) is 0 Å². The van der Waals surface area contributed by atoms with Crippen molar-refractivity contribution in [2.45, 2.75) is 38.6 Å². The highest BCUT2D eigenvalue weighted by Crippen LogP contribution is 2.20. The van der Waals surface area contributed by atoms with Crippen LogP contribution in [-0.2, 0) is 0 Å². The van der Waals surface area contributed by atoms with Gasteiger partial charge in [0.1, 0.15) is 11.6 Å². The molecule has 3 nitrogen and oxygen atoms in total. The van der Waals surface area contributed by atoms with Gasteiger partial charge in [-0.1, -0.05) is 12.5 Å². The van der Waals surface area contributed by atoms with Crippen molar-refractivity contribution in [3.8, 4) is 5.75 Å². The molecule has 0 saturated heterocycles. The van der Waals surface area contributed by atoms with Crippen molar-refractivity contribution in [2.75, 3.05) is 13.2 Å². The molecular formula is C14H22FNO2. The quantitative estimate of drug-likeness (QED) is 0.702. The first kappa shape index (κ1) is 14.9. The summed E-state index contributed by atoms with van der Waals surface area (Å²) in [7, 11) is 0. The van der Waals surface area contributed by atoms with Crippen molar-refractivity contribution in [2.24, 2.45) is 5.73 Å². The summed E-state index contributed by atoms with van der Waals surface area (Å²) >= 11 is 0. The van der Waals surface area contributed by atoms with E-state index in [0.29, 0.717) is 17.9 Å². The minimum absolute atomic E-state index is 0.241. The normalized spacial score (nSPS) is 12.4. The minimum atomic E-state index is -0.317. The fourth-order valence-electron chi connectivity index (χ4n) is 1.72. The summed E-state index contributed by atoms with van der Waals surface area (Å²) in [5, 5.41) is 8.62. The van der Waals surface area contributed by atoms with Crippen LogP contribution in [0.3, 0.4) is 0 Å². The van der Waals surface area contributed by atoms with Crippen LogP contribution in [0.4, 0.5) is 4.39 Å². The van der Waals surface area contributed by atoms with E-state index in [-0.39, 0.29) is 18.5 Å². The van der Waals surface area contributed by atoms with Gasteiger partial charge in [-0.3, -0.25) is 0 Å². The topological polar surface area (TPSA) is 55.5 Å². The van der Waals surface area contributed by atoms with Crippen molar-refractivity contribution in [3.63, 3.8) is 0 Å². The summed E-state index contributed by atoms with van der Waals surface area (Å²) in [5.41, 5.74) is 6.14. The third kappa shape index (κ3) is 5.02. The zero-order chi connectivity index (χ0) is 13.4. The number of benzene rings is 1. The molecule has 0 aliphatic heterocycles. The zero-order valence-electron chi connectivity index (χ0n) is 10.9. The summed E-state index contributed by atoms with van der Waals surface area (Å²) in [6.07, 6.45) is 3.76. The molecule has 3 N–H and O–H groups in total.